The maximum absolute atomic E-state index is 8.75. The average Bonchev–Trinajstić information content (AvgIpc) is 2.72. The Morgan fingerprint density at radius 3 is 2.93 bits per heavy atom. The van der Waals surface area contributed by atoms with E-state index in [-0.39, 0.29) is 0 Å². The van der Waals surface area contributed by atoms with Crippen molar-refractivity contribution in [3.63, 3.8) is 0 Å². The fraction of sp³-hybridized carbons (Fsp3) is 0. The number of fused-ring (bicyclic) bond motifs is 3. The molecule has 0 saturated carbocycles. The van der Waals surface area contributed by atoms with Crippen molar-refractivity contribution in [2.45, 2.75) is 0 Å². The summed E-state index contributed by atoms with van der Waals surface area (Å²) in [6, 6.07) is 7.77. The van der Waals surface area contributed by atoms with Crippen LogP contribution in [0.25, 0.3) is 21.9 Å². The fourth-order valence-corrected chi connectivity index (χ4v) is 1.67. The lowest BCUT2D eigenvalue weighted by Crippen LogP contribution is -1.89. The van der Waals surface area contributed by atoms with E-state index in [0.717, 1.165) is 21.9 Å². The lowest BCUT2D eigenvalue weighted by atomic mass is 10.2. The smallest absolute Gasteiger partial charge is 0.225 e. The normalized spacial score (nSPS) is 11.0. The van der Waals surface area contributed by atoms with Crippen LogP contribution in [0.4, 0.5) is 5.95 Å². The Kier molecular flexibility index (Phi) is 1.60. The number of aromatic amines is 1. The zero-order valence-corrected chi connectivity index (χ0v) is 7.73. The second-order valence-corrected chi connectivity index (χ2v) is 3.23. The molecule has 3 N–H and O–H groups in total. The van der Waals surface area contributed by atoms with Crippen LogP contribution in [0.5, 0.6) is 0 Å². The van der Waals surface area contributed by atoms with E-state index < -0.39 is 0 Å². The van der Waals surface area contributed by atoms with Gasteiger partial charge in [-0.3, -0.25) is 10.2 Å². The van der Waals surface area contributed by atoms with Gasteiger partial charge in [0.25, 0.3) is 0 Å². The molecule has 5 nitrogen and oxygen atoms in total. The van der Waals surface area contributed by atoms with Gasteiger partial charge in [0.2, 0.25) is 5.95 Å². The maximum Gasteiger partial charge on any atom is 0.225 e. The predicted octanol–water partition coefficient (Wildman–Crippen LogP) is 1.91. The van der Waals surface area contributed by atoms with Crippen molar-refractivity contribution in [2.24, 2.45) is 0 Å². The first-order valence-electron chi connectivity index (χ1n) is 4.52. The number of benzene rings is 1. The molecule has 0 radical (unpaired) electrons. The number of para-hydroxylation sites is 1. The van der Waals surface area contributed by atoms with Crippen LogP contribution in [0, 0.1) is 0 Å². The minimum Gasteiger partial charge on any atom is -0.322 e. The van der Waals surface area contributed by atoms with E-state index in [0.29, 0.717) is 5.95 Å². The molecule has 0 fully saturated rings. The summed E-state index contributed by atoms with van der Waals surface area (Å²) in [5, 5.41) is 9.74. The van der Waals surface area contributed by atoms with Crippen LogP contribution < -0.4 is 5.48 Å². The van der Waals surface area contributed by atoms with Gasteiger partial charge >= 0.3 is 0 Å². The lowest BCUT2D eigenvalue weighted by Gasteiger charge is -1.95. The molecular formula is C10H8N4O. The van der Waals surface area contributed by atoms with Crippen LogP contribution in [-0.2, 0) is 0 Å². The monoisotopic (exact) mass is 200 g/mol. The molecule has 3 aromatic rings. The minimum atomic E-state index is 0.322. The summed E-state index contributed by atoms with van der Waals surface area (Å²) in [6.07, 6.45) is 1.68. The van der Waals surface area contributed by atoms with Crippen molar-refractivity contribution in [1.29, 1.82) is 0 Å². The largest absolute Gasteiger partial charge is 0.322 e. The van der Waals surface area contributed by atoms with Gasteiger partial charge in [-0.05, 0) is 6.07 Å². The van der Waals surface area contributed by atoms with E-state index in [2.05, 4.69) is 15.0 Å². The molecule has 15 heavy (non-hydrogen) atoms. The Labute approximate surface area is 84.7 Å². The van der Waals surface area contributed by atoms with Gasteiger partial charge in [0, 0.05) is 5.39 Å². The first kappa shape index (κ1) is 8.19. The van der Waals surface area contributed by atoms with Gasteiger partial charge in [0.15, 0.2) is 0 Å². The van der Waals surface area contributed by atoms with Crippen molar-refractivity contribution in [1.82, 2.24) is 15.0 Å². The van der Waals surface area contributed by atoms with Crippen molar-refractivity contribution in [2.75, 3.05) is 5.48 Å². The first-order valence-corrected chi connectivity index (χ1v) is 4.52. The van der Waals surface area contributed by atoms with Crippen LogP contribution in [0.3, 0.4) is 0 Å². The topological polar surface area (TPSA) is 73.8 Å². The van der Waals surface area contributed by atoms with Gasteiger partial charge in [-0.1, -0.05) is 18.2 Å². The van der Waals surface area contributed by atoms with Gasteiger partial charge in [-0.25, -0.2) is 10.5 Å². The number of pyridine rings is 1. The third kappa shape index (κ3) is 1.14. The average molecular weight is 200 g/mol. The second kappa shape index (κ2) is 2.93. The van der Waals surface area contributed by atoms with E-state index in [9.17, 15) is 0 Å². The Morgan fingerprint density at radius 1 is 1.20 bits per heavy atom. The molecule has 0 atom stereocenters. The first-order chi connectivity index (χ1) is 7.38. The van der Waals surface area contributed by atoms with Gasteiger partial charge in [-0.2, -0.15) is 0 Å². The minimum absolute atomic E-state index is 0.322. The van der Waals surface area contributed by atoms with Gasteiger partial charge in [-0.15, -0.1) is 0 Å². The Balaban J connectivity index is 2.47. The summed E-state index contributed by atoms with van der Waals surface area (Å²) < 4.78 is 0. The number of hydrogen-bond acceptors (Lipinski definition) is 4. The quantitative estimate of drug-likeness (QED) is 0.524. The van der Waals surface area contributed by atoms with E-state index >= 15 is 0 Å². The van der Waals surface area contributed by atoms with Gasteiger partial charge in [0.1, 0.15) is 5.52 Å². The molecular weight excluding hydrogens is 192 g/mol. The van der Waals surface area contributed by atoms with Crippen LogP contribution in [0.15, 0.2) is 30.5 Å². The third-order valence-electron chi connectivity index (χ3n) is 2.34. The Bertz CT molecular complexity index is 631. The molecule has 1 aromatic carbocycles. The number of nitrogens with one attached hydrogen (secondary N) is 2. The van der Waals surface area contributed by atoms with Gasteiger partial charge < -0.3 is 4.98 Å². The highest BCUT2D eigenvalue weighted by molar-refractivity contribution is 6.02. The van der Waals surface area contributed by atoms with Crippen LogP contribution in [-0.4, -0.2) is 20.2 Å². The van der Waals surface area contributed by atoms with Crippen molar-refractivity contribution in [3.8, 4) is 0 Å². The van der Waals surface area contributed by atoms with Crippen LogP contribution >= 0.6 is 0 Å². The summed E-state index contributed by atoms with van der Waals surface area (Å²) in [4.78, 5) is 11.3. The number of anilines is 1. The lowest BCUT2D eigenvalue weighted by molar-refractivity contribution is 0.383. The molecule has 0 spiro atoms. The van der Waals surface area contributed by atoms with Crippen molar-refractivity contribution in [3.05, 3.63) is 30.5 Å². The molecule has 2 aromatic heterocycles. The predicted molar refractivity (Wildman–Crippen MR) is 56.8 cm³/mol. The second-order valence-electron chi connectivity index (χ2n) is 3.23. The maximum atomic E-state index is 8.75. The molecule has 0 unspecified atom stereocenters. The highest BCUT2D eigenvalue weighted by atomic mass is 16.5. The number of rotatable bonds is 1. The molecule has 0 amide bonds. The summed E-state index contributed by atoms with van der Waals surface area (Å²) in [6.45, 7) is 0. The van der Waals surface area contributed by atoms with E-state index in [1.807, 2.05) is 29.7 Å². The van der Waals surface area contributed by atoms with Crippen LogP contribution in [0.2, 0.25) is 0 Å². The number of nitrogens with zero attached hydrogens (tertiary/aromatic N) is 2. The summed E-state index contributed by atoms with van der Waals surface area (Å²) >= 11 is 0. The standard InChI is InChI=1S/C10H8N4O/c15-14-10-12-8-5-11-7-4-2-1-3-6(7)9(8)13-10/h1-5,15H,(H2,12,13,14). The Hall–Kier alpha value is -2.14. The van der Waals surface area contributed by atoms with Crippen molar-refractivity contribution >= 4 is 27.9 Å². The highest BCUT2D eigenvalue weighted by Gasteiger charge is 2.05. The number of aromatic nitrogens is 3. The van der Waals surface area contributed by atoms with Crippen molar-refractivity contribution < 1.29 is 5.21 Å². The molecule has 3 rings (SSSR count). The molecule has 74 valence electrons. The highest BCUT2D eigenvalue weighted by Crippen LogP contribution is 2.22. The number of hydrogen-bond donors (Lipinski definition) is 3. The van der Waals surface area contributed by atoms with E-state index in [1.54, 1.807) is 6.20 Å². The molecule has 0 bridgehead atoms. The number of imidazole rings is 1. The third-order valence-corrected chi connectivity index (χ3v) is 2.34. The summed E-state index contributed by atoms with van der Waals surface area (Å²) in [7, 11) is 0. The number of H-pyrrole nitrogens is 1. The molecule has 2 heterocycles. The zero-order chi connectivity index (χ0) is 10.3. The van der Waals surface area contributed by atoms with E-state index in [4.69, 9.17) is 5.21 Å². The SMILES string of the molecule is ONc1nc2cnc3ccccc3c2[nH]1. The molecule has 5 heteroatoms. The molecule has 0 aliphatic carbocycles. The summed E-state index contributed by atoms with van der Waals surface area (Å²) in [5.74, 6) is 0.322. The van der Waals surface area contributed by atoms with E-state index in [1.165, 1.54) is 0 Å². The van der Waals surface area contributed by atoms with Crippen LogP contribution in [0.1, 0.15) is 0 Å². The fourth-order valence-electron chi connectivity index (χ4n) is 1.67. The van der Waals surface area contributed by atoms with Gasteiger partial charge in [0.05, 0.1) is 17.2 Å². The molecule has 0 aliphatic heterocycles. The molecule has 0 aliphatic rings. The summed E-state index contributed by atoms with van der Waals surface area (Å²) in [5.41, 5.74) is 4.49. The Morgan fingerprint density at radius 2 is 2.07 bits per heavy atom. The zero-order valence-electron chi connectivity index (χ0n) is 7.73. The molecule has 0 saturated heterocycles.